The molecule has 0 saturated heterocycles. The normalized spacial score (nSPS) is 11.9. The maximum atomic E-state index is 8.52. The number of nitrogens with zero attached hydrogens (tertiary/aromatic N) is 2. The van der Waals surface area contributed by atoms with Crippen LogP contribution < -0.4 is 0 Å². The van der Waals surface area contributed by atoms with E-state index in [0.29, 0.717) is 0 Å². The van der Waals surface area contributed by atoms with Crippen LogP contribution >= 0.6 is 0 Å². The molecular weight excluding hydrogens is 666 g/mol. The summed E-state index contributed by atoms with van der Waals surface area (Å²) in [4.78, 5) is 0. The third-order valence-corrected chi connectivity index (χ3v) is 12.1. The van der Waals surface area contributed by atoms with E-state index < -0.39 is 44.1 Å². The minimum atomic E-state index is -1.11. The Labute approximate surface area is 239 Å². The van der Waals surface area contributed by atoms with E-state index in [-0.39, 0.29) is 0 Å². The Kier molecular flexibility index (Phi) is 32.0. The summed E-state index contributed by atoms with van der Waals surface area (Å²) < 4.78 is 13.9. The number of hydrogen-bond acceptors (Lipinski definition) is 2. The molecule has 0 spiro atoms. The molecule has 0 bridgehead atoms. The summed E-state index contributed by atoms with van der Waals surface area (Å²) >= 11 is 2.70. The molecule has 0 amide bonds. The molecule has 0 atom stereocenters. The van der Waals surface area contributed by atoms with Gasteiger partial charge in [-0.25, -0.2) is 0 Å². The fraction of sp³-hybridized carbons (Fsp3) is 1.00. The Balaban J connectivity index is -0.0000000688. The quantitative estimate of drug-likeness (QED) is 0.288. The standard InChI is InChI=1S/2C6H18NSi2.2C4H10O.2CH3.2In/c2*1-8(2,3)7-9(4,5)6;2*1-4(2,3)5;;;;/h2*1-6H3;2*5H,1-3H3;2*1H3;;/q2*-1;;;;;;. The molecule has 0 aliphatic carbocycles. The Morgan fingerprint density at radius 1 is 0.406 bits per heavy atom. The van der Waals surface area contributed by atoms with Gasteiger partial charge in [0.15, 0.2) is 0 Å². The van der Waals surface area contributed by atoms with E-state index >= 15 is 0 Å². The van der Waals surface area contributed by atoms with Crippen LogP contribution in [0.3, 0.4) is 0 Å². The second kappa shape index (κ2) is 21.5. The summed E-state index contributed by atoms with van der Waals surface area (Å²) in [5.74, 6) is 0. The van der Waals surface area contributed by atoms with Crippen molar-refractivity contribution in [1.29, 1.82) is 0 Å². The van der Waals surface area contributed by atoms with Crippen LogP contribution in [0.15, 0.2) is 0 Å². The van der Waals surface area contributed by atoms with E-state index in [9.17, 15) is 0 Å². The van der Waals surface area contributed by atoms with Crippen LogP contribution in [0.5, 0.6) is 0 Å². The molecule has 0 aromatic rings. The monoisotopic (exact) mass is 728 g/mol. The molecule has 0 saturated carbocycles. The van der Waals surface area contributed by atoms with Crippen LogP contribution in [0.2, 0.25) is 87.9 Å². The van der Waals surface area contributed by atoms with Crippen molar-refractivity contribution in [3.63, 3.8) is 0 Å². The second-order valence-electron chi connectivity index (χ2n) is 13.2. The predicted molar refractivity (Wildman–Crippen MR) is 167 cm³/mol. The first-order chi connectivity index (χ1) is 13.4. The van der Waals surface area contributed by atoms with Gasteiger partial charge in [0.05, 0.1) is 11.2 Å². The van der Waals surface area contributed by atoms with Crippen LogP contribution in [-0.4, -0.2) is 103 Å². The first-order valence-corrected chi connectivity index (χ1v) is 31.9. The molecule has 0 rings (SSSR count). The summed E-state index contributed by atoms with van der Waals surface area (Å²) in [5.41, 5.74) is -1.00. The molecule has 0 fully saturated rings. The summed E-state index contributed by atoms with van der Waals surface area (Å²) in [6.45, 7) is 38.0. The molecule has 32 heavy (non-hydrogen) atoms. The average molecular weight is 729 g/mol. The summed E-state index contributed by atoms with van der Waals surface area (Å²) in [6, 6.07) is 0. The Bertz CT molecular complexity index is 316. The van der Waals surface area contributed by atoms with Crippen molar-refractivity contribution in [3.05, 3.63) is 9.30 Å². The second-order valence-corrected chi connectivity index (χ2v) is 32.4. The molecule has 10 heteroatoms. The molecule has 0 heterocycles. The van der Waals surface area contributed by atoms with Crippen LogP contribution in [0.1, 0.15) is 41.5 Å². The van der Waals surface area contributed by atoms with Crippen molar-refractivity contribution in [1.82, 2.24) is 0 Å². The van der Waals surface area contributed by atoms with E-state index in [4.69, 9.17) is 19.5 Å². The molecule has 4 nitrogen and oxygen atoms in total. The molecular formula is C22H62In2N2O2Si4-2. The zero-order chi connectivity index (χ0) is 28.4. The van der Waals surface area contributed by atoms with Crippen LogP contribution in [0, 0.1) is 0 Å². The molecule has 0 unspecified atom stereocenters. The molecule has 0 aromatic carbocycles. The molecule has 196 valence electrons. The summed E-state index contributed by atoms with van der Waals surface area (Å²) in [7, 11) is -4.42. The third-order valence-electron chi connectivity index (χ3n) is 1.34. The van der Waals surface area contributed by atoms with Crippen molar-refractivity contribution in [2.24, 2.45) is 0 Å². The van der Waals surface area contributed by atoms with Gasteiger partial charge < -0.3 is 19.5 Å². The van der Waals surface area contributed by atoms with Crippen molar-refractivity contribution in [3.8, 4) is 0 Å². The SMILES string of the molecule is CC(C)(C)O.CC(C)(C)O.C[Si](C)(C)[N-][Si](C)(C)C.C[Si](C)(C)[N-][Si](C)(C)C.[CH3][In].[CH3][In]. The fourth-order valence-electron chi connectivity index (χ4n) is 2.01. The van der Waals surface area contributed by atoms with E-state index in [2.05, 4.69) is 87.9 Å². The van der Waals surface area contributed by atoms with E-state index in [0.717, 1.165) is 0 Å². The van der Waals surface area contributed by atoms with Crippen LogP contribution in [0.25, 0.3) is 9.30 Å². The Morgan fingerprint density at radius 2 is 0.469 bits per heavy atom. The van der Waals surface area contributed by atoms with Gasteiger partial charge in [-0.05, 0) is 41.5 Å². The van der Waals surface area contributed by atoms with E-state index in [1.54, 1.807) is 41.5 Å². The first kappa shape index (κ1) is 47.6. The Hall–Kier alpha value is 2.45. The third kappa shape index (κ3) is 154. The van der Waals surface area contributed by atoms with Gasteiger partial charge in [-0.2, -0.15) is 0 Å². The van der Waals surface area contributed by atoms with Gasteiger partial charge in [0.2, 0.25) is 0 Å². The zero-order valence-corrected chi connectivity index (χ0v) is 36.5. The van der Waals surface area contributed by atoms with E-state index in [1.165, 1.54) is 48.7 Å². The first-order valence-electron chi connectivity index (χ1n) is 11.5. The molecule has 4 radical (unpaired) electrons. The Morgan fingerprint density at radius 3 is 0.469 bits per heavy atom. The molecule has 0 aliphatic heterocycles. The van der Waals surface area contributed by atoms with Crippen molar-refractivity contribution in [2.75, 3.05) is 0 Å². The van der Waals surface area contributed by atoms with Gasteiger partial charge in [0.1, 0.15) is 0 Å². The fourth-order valence-corrected chi connectivity index (χ4v) is 18.1. The molecule has 2 N–H and O–H groups in total. The van der Waals surface area contributed by atoms with Crippen LogP contribution in [-0.2, 0) is 0 Å². The van der Waals surface area contributed by atoms with Gasteiger partial charge in [0.25, 0.3) is 0 Å². The minimum absolute atomic E-state index is 0.500. The van der Waals surface area contributed by atoms with Gasteiger partial charge in [-0.15, -0.1) is 0 Å². The predicted octanol–water partition coefficient (Wildman–Crippen LogP) is 8.02. The topological polar surface area (TPSA) is 68.7 Å². The van der Waals surface area contributed by atoms with Gasteiger partial charge in [-0.3, -0.25) is 0 Å². The number of aliphatic hydroxyl groups is 2. The number of hydrogen-bond donors (Lipinski definition) is 2. The summed E-state index contributed by atoms with van der Waals surface area (Å²) in [5, 5.41) is 17.0. The van der Waals surface area contributed by atoms with Gasteiger partial charge >= 0.3 is 58.1 Å². The average Bonchev–Trinajstić information content (AvgIpc) is 2.31. The maximum absolute atomic E-state index is 8.52. The van der Waals surface area contributed by atoms with E-state index in [1.807, 2.05) is 0 Å². The van der Waals surface area contributed by atoms with Crippen molar-refractivity contribution < 1.29 is 10.2 Å². The van der Waals surface area contributed by atoms with Crippen LogP contribution in [0.4, 0.5) is 0 Å². The van der Waals surface area contributed by atoms with Crippen molar-refractivity contribution >= 4 is 81.7 Å². The van der Waals surface area contributed by atoms with Crippen molar-refractivity contribution in [2.45, 2.75) is 141 Å². The van der Waals surface area contributed by atoms with Gasteiger partial charge in [-0.1, -0.05) is 112 Å². The number of rotatable bonds is 4. The van der Waals surface area contributed by atoms with Gasteiger partial charge in [0, 0.05) is 0 Å². The zero-order valence-electron chi connectivity index (χ0n) is 25.9. The molecule has 0 aliphatic rings. The summed E-state index contributed by atoms with van der Waals surface area (Å²) in [6.07, 6.45) is 0. The molecule has 0 aromatic heterocycles.